The maximum atomic E-state index is 10.2. The van der Waals surface area contributed by atoms with Crippen LogP contribution in [-0.4, -0.2) is 109 Å². The number of carboxylic acids is 3. The van der Waals surface area contributed by atoms with Crippen LogP contribution in [-0.2, 0) is 14.4 Å². The van der Waals surface area contributed by atoms with Crippen molar-refractivity contribution in [2.45, 2.75) is 50.0 Å². The van der Waals surface area contributed by atoms with E-state index in [9.17, 15) is 14.4 Å². The number of aliphatic imine (C=N–C) groups is 1. The molecule has 0 saturated carbocycles. The number of nitrogens with zero attached hydrogens (tertiary/aromatic N) is 1. The zero-order valence-corrected chi connectivity index (χ0v) is 16.2. The molecule has 0 amide bonds. The Labute approximate surface area is 172 Å². The third-order valence-corrected chi connectivity index (χ3v) is 3.00. The van der Waals surface area contributed by atoms with E-state index in [1.807, 2.05) is 0 Å². The lowest BCUT2D eigenvalue weighted by molar-refractivity contribution is -0.143. The number of carbonyl (C=O) groups is 3. The van der Waals surface area contributed by atoms with Crippen LogP contribution < -0.4 is 17.2 Å². The first-order valence-corrected chi connectivity index (χ1v) is 8.53. The predicted molar refractivity (Wildman–Crippen MR) is 102 cm³/mol. The highest BCUT2D eigenvalue weighted by molar-refractivity contribution is 5.76. The van der Waals surface area contributed by atoms with Crippen molar-refractivity contribution in [2.75, 3.05) is 19.8 Å². The molecule has 0 aromatic carbocycles. The van der Waals surface area contributed by atoms with Gasteiger partial charge in [0.15, 0.2) is 5.96 Å². The second kappa shape index (κ2) is 19.7. The number of hydrogen-bond donors (Lipinski definition) is 11. The Hall–Kier alpha value is -2.56. The molecule has 30 heavy (non-hydrogen) atoms. The van der Waals surface area contributed by atoms with Gasteiger partial charge in [0.1, 0.15) is 24.4 Å². The number of rotatable bonds is 12. The standard InChI is InChI=1S/C6H14N4O2.C5H12O5.C4H6O4/c7-4(5(11)12)2-1-3-10-6(8)9;6-1-3(8)5(10)4(9)2-7;5-3(6)1-2-4(7)8/h4H,1-3,7H2,(H,11,12)(H4,8,9,10);3-10H,1-2H2;1-2H2,(H,5,6)(H,7,8)/t;3-,4+,5?;. The summed E-state index contributed by atoms with van der Waals surface area (Å²) in [6.45, 7) is -0.861. The molecule has 0 aliphatic rings. The summed E-state index contributed by atoms with van der Waals surface area (Å²) in [6, 6.07) is -0.820. The quantitative estimate of drug-likeness (QED) is 0.0767. The molecule has 0 bridgehead atoms. The predicted octanol–water partition coefficient (Wildman–Crippen LogP) is -4.56. The molecular weight excluding hydrogens is 412 g/mol. The van der Waals surface area contributed by atoms with E-state index in [1.54, 1.807) is 0 Å². The number of aliphatic carboxylic acids is 3. The summed E-state index contributed by atoms with van der Waals surface area (Å²) in [5, 5.41) is 66.8. The van der Waals surface area contributed by atoms with Crippen LogP contribution in [0, 0.1) is 0 Å². The lowest BCUT2D eigenvalue weighted by Gasteiger charge is -2.19. The fraction of sp³-hybridized carbons (Fsp3) is 0.733. The van der Waals surface area contributed by atoms with E-state index in [4.69, 9.17) is 58.1 Å². The molecule has 0 aliphatic heterocycles. The molecule has 178 valence electrons. The smallest absolute Gasteiger partial charge is 0.320 e. The summed E-state index contributed by atoms with van der Waals surface area (Å²) in [5.74, 6) is -3.14. The number of guanidine groups is 1. The van der Waals surface area contributed by atoms with Crippen LogP contribution in [0.15, 0.2) is 4.99 Å². The minimum Gasteiger partial charge on any atom is -0.481 e. The van der Waals surface area contributed by atoms with Gasteiger partial charge < -0.3 is 58.1 Å². The Balaban J connectivity index is -0.000000372. The van der Waals surface area contributed by atoms with E-state index in [0.717, 1.165) is 0 Å². The SMILES string of the molecule is NC(N)=NCCCC(N)C(=O)O.O=C(O)CCC(=O)O.OC[C@@H](O)C(O)[C@@H](O)CO. The first-order chi connectivity index (χ1) is 13.8. The van der Waals surface area contributed by atoms with Crippen LogP contribution in [0.5, 0.6) is 0 Å². The molecule has 0 fully saturated rings. The van der Waals surface area contributed by atoms with Crippen molar-refractivity contribution in [3.63, 3.8) is 0 Å². The average Bonchev–Trinajstić information content (AvgIpc) is 2.68. The third-order valence-electron chi connectivity index (χ3n) is 3.00. The zero-order chi connectivity index (χ0) is 24.3. The Morgan fingerprint density at radius 1 is 0.833 bits per heavy atom. The van der Waals surface area contributed by atoms with E-state index in [2.05, 4.69) is 4.99 Å². The van der Waals surface area contributed by atoms with Crippen LogP contribution >= 0.6 is 0 Å². The van der Waals surface area contributed by atoms with Gasteiger partial charge in [-0.25, -0.2) is 0 Å². The van der Waals surface area contributed by atoms with Gasteiger partial charge in [-0.15, -0.1) is 0 Å². The van der Waals surface area contributed by atoms with Crippen molar-refractivity contribution in [3.8, 4) is 0 Å². The Bertz CT molecular complexity index is 491. The molecule has 0 heterocycles. The molecule has 0 saturated heterocycles. The Morgan fingerprint density at radius 2 is 1.23 bits per heavy atom. The van der Waals surface area contributed by atoms with E-state index < -0.39 is 55.5 Å². The van der Waals surface area contributed by atoms with Gasteiger partial charge in [-0.3, -0.25) is 19.4 Å². The summed E-state index contributed by atoms with van der Waals surface area (Å²) in [6.07, 6.45) is -3.93. The Morgan fingerprint density at radius 3 is 1.50 bits per heavy atom. The summed E-state index contributed by atoms with van der Waals surface area (Å²) < 4.78 is 0. The molecule has 0 aliphatic carbocycles. The van der Waals surface area contributed by atoms with Crippen molar-refractivity contribution >= 4 is 23.9 Å². The molecular formula is C15H32N4O11. The van der Waals surface area contributed by atoms with Crippen molar-refractivity contribution < 1.29 is 55.2 Å². The first-order valence-electron chi connectivity index (χ1n) is 8.53. The van der Waals surface area contributed by atoms with E-state index in [0.29, 0.717) is 19.4 Å². The van der Waals surface area contributed by atoms with Gasteiger partial charge >= 0.3 is 17.9 Å². The second-order valence-corrected chi connectivity index (χ2v) is 5.67. The van der Waals surface area contributed by atoms with E-state index in [1.165, 1.54) is 0 Å². The molecule has 0 aromatic heterocycles. The second-order valence-electron chi connectivity index (χ2n) is 5.67. The van der Waals surface area contributed by atoms with Crippen molar-refractivity contribution in [1.82, 2.24) is 0 Å². The van der Waals surface area contributed by atoms with Crippen LogP contribution in [0.1, 0.15) is 25.7 Å². The molecule has 0 aromatic rings. The minimum atomic E-state index is -1.49. The topological polar surface area (TPSA) is 303 Å². The van der Waals surface area contributed by atoms with Crippen LogP contribution in [0.3, 0.4) is 0 Å². The summed E-state index contributed by atoms with van der Waals surface area (Å²) in [5.41, 5.74) is 15.3. The fourth-order valence-corrected chi connectivity index (χ4v) is 1.33. The summed E-state index contributed by atoms with van der Waals surface area (Å²) >= 11 is 0. The van der Waals surface area contributed by atoms with Gasteiger partial charge in [-0.05, 0) is 12.8 Å². The largest absolute Gasteiger partial charge is 0.481 e. The molecule has 0 radical (unpaired) electrons. The lowest BCUT2D eigenvalue weighted by atomic mass is 10.1. The maximum Gasteiger partial charge on any atom is 0.320 e. The van der Waals surface area contributed by atoms with Crippen molar-refractivity contribution in [2.24, 2.45) is 22.2 Å². The highest BCUT2D eigenvalue weighted by Crippen LogP contribution is 1.98. The van der Waals surface area contributed by atoms with Crippen molar-refractivity contribution in [3.05, 3.63) is 0 Å². The van der Waals surface area contributed by atoms with E-state index in [-0.39, 0.29) is 18.8 Å². The highest BCUT2D eigenvalue weighted by Gasteiger charge is 2.22. The van der Waals surface area contributed by atoms with Gasteiger partial charge in [0.05, 0.1) is 26.1 Å². The molecule has 0 rings (SSSR count). The fourth-order valence-electron chi connectivity index (χ4n) is 1.33. The molecule has 4 atom stereocenters. The first kappa shape index (κ1) is 32.1. The molecule has 15 heteroatoms. The van der Waals surface area contributed by atoms with Crippen LogP contribution in [0.4, 0.5) is 0 Å². The molecule has 15 nitrogen and oxygen atoms in total. The monoisotopic (exact) mass is 444 g/mol. The highest BCUT2D eigenvalue weighted by atomic mass is 16.4. The third kappa shape index (κ3) is 23.5. The number of aliphatic hydroxyl groups excluding tert-OH is 5. The minimum absolute atomic E-state index is 0.0129. The summed E-state index contributed by atoms with van der Waals surface area (Å²) in [7, 11) is 0. The lowest BCUT2D eigenvalue weighted by Crippen LogP contribution is -2.41. The zero-order valence-electron chi connectivity index (χ0n) is 16.2. The van der Waals surface area contributed by atoms with Gasteiger partial charge in [0.2, 0.25) is 0 Å². The number of hydrogen-bond acceptors (Lipinski definition) is 10. The van der Waals surface area contributed by atoms with Gasteiger partial charge in [-0.2, -0.15) is 0 Å². The van der Waals surface area contributed by atoms with Crippen LogP contribution in [0.2, 0.25) is 0 Å². The Kier molecular flexibility index (Phi) is 21.1. The van der Waals surface area contributed by atoms with Gasteiger partial charge in [0, 0.05) is 6.54 Å². The maximum absolute atomic E-state index is 10.2. The molecule has 2 unspecified atom stereocenters. The summed E-state index contributed by atoms with van der Waals surface area (Å²) in [4.78, 5) is 33.2. The normalized spacial score (nSPS) is 13.8. The van der Waals surface area contributed by atoms with Crippen LogP contribution in [0.25, 0.3) is 0 Å². The molecule has 0 spiro atoms. The molecule has 14 N–H and O–H groups in total. The van der Waals surface area contributed by atoms with Gasteiger partial charge in [-0.1, -0.05) is 0 Å². The number of nitrogens with two attached hydrogens (primary N) is 3. The number of carboxylic acid groups (broad SMARTS) is 3. The van der Waals surface area contributed by atoms with E-state index >= 15 is 0 Å². The van der Waals surface area contributed by atoms with Crippen molar-refractivity contribution in [1.29, 1.82) is 0 Å². The van der Waals surface area contributed by atoms with Gasteiger partial charge in [0.25, 0.3) is 0 Å². The number of aliphatic hydroxyl groups is 5. The average molecular weight is 444 g/mol.